The molecule has 1 N–H and O–H groups in total. The van der Waals surface area contributed by atoms with Crippen LogP contribution >= 0.6 is 0 Å². The van der Waals surface area contributed by atoms with Crippen molar-refractivity contribution < 1.29 is 9.53 Å². The third-order valence-corrected chi connectivity index (χ3v) is 5.05. The molecule has 1 fully saturated rings. The average molecular weight is 358 g/mol. The molecule has 0 radical (unpaired) electrons. The molecule has 1 atom stereocenters. The number of hydrogen-bond donors (Lipinski definition) is 1. The number of rotatable bonds is 8. The fraction of sp³-hybridized carbons (Fsp3) is 0.600. The first-order valence-electron chi connectivity index (χ1n) is 9.71. The molecule has 6 nitrogen and oxygen atoms in total. The topological polar surface area (TPSA) is 59.4 Å². The molecule has 0 aliphatic carbocycles. The fourth-order valence-corrected chi connectivity index (χ4v) is 3.63. The lowest BCUT2D eigenvalue weighted by Crippen LogP contribution is -2.44. The lowest BCUT2D eigenvalue weighted by molar-refractivity contribution is -0.125. The molecule has 2 aromatic rings. The number of carbonyl (C=O) groups is 1. The maximum absolute atomic E-state index is 12.5. The van der Waals surface area contributed by atoms with Crippen LogP contribution in [0, 0.1) is 5.92 Å². The van der Waals surface area contributed by atoms with Gasteiger partial charge in [0.15, 0.2) is 0 Å². The molecule has 0 saturated carbocycles. The van der Waals surface area contributed by atoms with Crippen LogP contribution in [0.15, 0.2) is 24.3 Å². The summed E-state index contributed by atoms with van der Waals surface area (Å²) in [6.45, 7) is 5.98. The zero-order valence-corrected chi connectivity index (χ0v) is 15.9. The molecule has 1 aromatic carbocycles. The second-order valence-electron chi connectivity index (χ2n) is 6.97. The van der Waals surface area contributed by atoms with Gasteiger partial charge in [0.05, 0.1) is 23.6 Å². The van der Waals surface area contributed by atoms with Gasteiger partial charge in [-0.1, -0.05) is 25.5 Å². The van der Waals surface area contributed by atoms with Gasteiger partial charge in [-0.2, -0.15) is 0 Å². The number of benzene rings is 1. The van der Waals surface area contributed by atoms with E-state index in [2.05, 4.69) is 39.9 Å². The van der Waals surface area contributed by atoms with Crippen LogP contribution in [-0.4, -0.2) is 48.8 Å². The van der Waals surface area contributed by atoms with Gasteiger partial charge in [-0.15, -0.1) is 0 Å². The van der Waals surface area contributed by atoms with Crippen LogP contribution in [0.1, 0.15) is 32.6 Å². The number of ether oxygens (including phenoxy) is 1. The van der Waals surface area contributed by atoms with Gasteiger partial charge in [-0.3, -0.25) is 4.79 Å². The Morgan fingerprint density at radius 1 is 1.38 bits per heavy atom. The molecule has 1 aliphatic heterocycles. The second kappa shape index (κ2) is 9.03. The zero-order valence-electron chi connectivity index (χ0n) is 15.9. The Kier molecular flexibility index (Phi) is 6.50. The Morgan fingerprint density at radius 2 is 2.23 bits per heavy atom. The minimum atomic E-state index is 0.0139. The van der Waals surface area contributed by atoms with Crippen molar-refractivity contribution in [1.29, 1.82) is 0 Å². The van der Waals surface area contributed by atoms with Crippen molar-refractivity contribution in [2.24, 2.45) is 5.92 Å². The summed E-state index contributed by atoms with van der Waals surface area (Å²) in [6.07, 6.45) is 4.22. The summed E-state index contributed by atoms with van der Waals surface area (Å²) < 4.78 is 7.34. The van der Waals surface area contributed by atoms with Crippen molar-refractivity contribution in [3.63, 3.8) is 0 Å². The Labute approximate surface area is 155 Å². The van der Waals surface area contributed by atoms with Crippen molar-refractivity contribution in [3.05, 3.63) is 24.3 Å². The molecule has 3 rings (SSSR count). The number of hydrogen-bond acceptors (Lipinski definition) is 4. The van der Waals surface area contributed by atoms with Crippen molar-refractivity contribution in [2.45, 2.75) is 39.2 Å². The maximum Gasteiger partial charge on any atom is 0.224 e. The molecular formula is C20H30N4O2. The highest BCUT2D eigenvalue weighted by molar-refractivity contribution is 5.81. The first-order chi connectivity index (χ1) is 12.7. The number of piperidine rings is 1. The lowest BCUT2D eigenvalue weighted by Gasteiger charge is -2.33. The highest BCUT2D eigenvalue weighted by Crippen LogP contribution is 2.27. The quantitative estimate of drug-likeness (QED) is 0.737. The Balaban J connectivity index is 1.78. The number of aromatic nitrogens is 2. The Bertz CT molecular complexity index is 728. The van der Waals surface area contributed by atoms with Gasteiger partial charge >= 0.3 is 0 Å². The predicted molar refractivity (Wildman–Crippen MR) is 104 cm³/mol. The summed E-state index contributed by atoms with van der Waals surface area (Å²) in [4.78, 5) is 19.6. The first kappa shape index (κ1) is 18.7. The highest BCUT2D eigenvalue weighted by atomic mass is 16.5. The van der Waals surface area contributed by atoms with Gasteiger partial charge in [0.1, 0.15) is 0 Å². The van der Waals surface area contributed by atoms with Crippen LogP contribution < -0.4 is 10.2 Å². The van der Waals surface area contributed by atoms with Crippen LogP contribution in [0.25, 0.3) is 11.0 Å². The van der Waals surface area contributed by atoms with Gasteiger partial charge in [-0.25, -0.2) is 4.98 Å². The first-order valence-corrected chi connectivity index (χ1v) is 9.71. The Morgan fingerprint density at radius 3 is 3.04 bits per heavy atom. The number of fused-ring (bicyclic) bond motifs is 1. The van der Waals surface area contributed by atoms with Gasteiger partial charge in [-0.05, 0) is 31.4 Å². The standard InChI is InChI=1S/C20H30N4O2/c1-3-4-13-24-18-10-6-5-9-17(18)22-20(24)23-12-7-8-16(15-23)19(25)21-11-14-26-2/h5-6,9-10,16H,3-4,7-8,11-15H2,1-2H3,(H,21,25)/t16-/m1/s1. The molecule has 26 heavy (non-hydrogen) atoms. The molecular weight excluding hydrogens is 328 g/mol. The Hall–Kier alpha value is -2.08. The van der Waals surface area contributed by atoms with Crippen LogP contribution in [0.5, 0.6) is 0 Å². The molecule has 1 aromatic heterocycles. The number of nitrogens with zero attached hydrogens (tertiary/aromatic N) is 3. The summed E-state index contributed by atoms with van der Waals surface area (Å²) in [5.41, 5.74) is 2.22. The van der Waals surface area contributed by atoms with Gasteiger partial charge in [0, 0.05) is 33.3 Å². The lowest BCUT2D eigenvalue weighted by atomic mass is 9.97. The minimum Gasteiger partial charge on any atom is -0.383 e. The van der Waals surface area contributed by atoms with Crippen molar-refractivity contribution in [3.8, 4) is 0 Å². The SMILES string of the molecule is CCCCn1c(N2CCC[C@@H](C(=O)NCCOC)C2)nc2ccccc21. The van der Waals surface area contributed by atoms with Crippen molar-refractivity contribution in [1.82, 2.24) is 14.9 Å². The van der Waals surface area contributed by atoms with Gasteiger partial charge < -0.3 is 19.5 Å². The van der Waals surface area contributed by atoms with Crippen LogP contribution in [-0.2, 0) is 16.1 Å². The molecule has 0 unspecified atom stereocenters. The molecule has 0 bridgehead atoms. The van der Waals surface area contributed by atoms with Crippen molar-refractivity contribution in [2.75, 3.05) is 38.3 Å². The third kappa shape index (κ3) is 4.18. The zero-order chi connectivity index (χ0) is 18.4. The number of nitrogens with one attached hydrogen (secondary N) is 1. The summed E-state index contributed by atoms with van der Waals surface area (Å²) in [6, 6.07) is 8.31. The number of carbonyl (C=O) groups excluding carboxylic acids is 1. The molecule has 1 amide bonds. The van der Waals surface area contributed by atoms with E-state index in [1.165, 1.54) is 5.52 Å². The van der Waals surface area contributed by atoms with Gasteiger partial charge in [0.2, 0.25) is 11.9 Å². The van der Waals surface area contributed by atoms with E-state index in [0.717, 1.165) is 56.8 Å². The number of imidazole rings is 1. The van der Waals surface area contributed by atoms with Gasteiger partial charge in [0.25, 0.3) is 0 Å². The molecule has 2 heterocycles. The molecule has 0 spiro atoms. The molecule has 142 valence electrons. The van der Waals surface area contributed by atoms with Crippen molar-refractivity contribution >= 4 is 22.9 Å². The van der Waals surface area contributed by atoms with Crippen LogP contribution in [0.3, 0.4) is 0 Å². The summed E-state index contributed by atoms with van der Waals surface area (Å²) in [5.74, 6) is 1.15. The number of anilines is 1. The largest absolute Gasteiger partial charge is 0.383 e. The monoisotopic (exact) mass is 358 g/mol. The third-order valence-electron chi connectivity index (χ3n) is 5.05. The second-order valence-corrected chi connectivity index (χ2v) is 6.97. The van der Waals surface area contributed by atoms with Crippen LogP contribution in [0.2, 0.25) is 0 Å². The number of methoxy groups -OCH3 is 1. The number of para-hydroxylation sites is 2. The fourth-order valence-electron chi connectivity index (χ4n) is 3.63. The predicted octanol–water partition coefficient (Wildman–Crippen LogP) is 2.82. The van der Waals surface area contributed by atoms with E-state index in [1.807, 2.05) is 6.07 Å². The molecule has 6 heteroatoms. The average Bonchev–Trinajstić information content (AvgIpc) is 3.05. The summed E-state index contributed by atoms with van der Waals surface area (Å²) in [7, 11) is 1.65. The van der Waals surface area contributed by atoms with E-state index < -0.39 is 0 Å². The molecule has 1 aliphatic rings. The minimum absolute atomic E-state index is 0.0139. The maximum atomic E-state index is 12.5. The van der Waals surface area contributed by atoms with E-state index >= 15 is 0 Å². The van der Waals surface area contributed by atoms with E-state index in [-0.39, 0.29) is 11.8 Å². The number of aryl methyl sites for hydroxylation is 1. The van der Waals surface area contributed by atoms with E-state index in [1.54, 1.807) is 7.11 Å². The number of amides is 1. The highest BCUT2D eigenvalue weighted by Gasteiger charge is 2.28. The van der Waals surface area contributed by atoms with Crippen LogP contribution in [0.4, 0.5) is 5.95 Å². The van der Waals surface area contributed by atoms with E-state index in [4.69, 9.17) is 9.72 Å². The summed E-state index contributed by atoms with van der Waals surface area (Å²) in [5, 5.41) is 2.98. The molecule has 1 saturated heterocycles. The number of unbranched alkanes of at least 4 members (excludes halogenated alkanes) is 1. The normalized spacial score (nSPS) is 17.6. The van der Waals surface area contributed by atoms with E-state index in [0.29, 0.717) is 13.2 Å². The summed E-state index contributed by atoms with van der Waals surface area (Å²) >= 11 is 0. The van der Waals surface area contributed by atoms with E-state index in [9.17, 15) is 4.79 Å². The smallest absolute Gasteiger partial charge is 0.224 e.